The molecule has 1 spiro atoms. The molecule has 2 aromatic carbocycles. The van der Waals surface area contributed by atoms with Crippen LogP contribution in [-0.2, 0) is 21.9 Å². The van der Waals surface area contributed by atoms with Gasteiger partial charge in [-0.05, 0) is 105 Å². The van der Waals surface area contributed by atoms with Crippen LogP contribution >= 0.6 is 11.6 Å². The van der Waals surface area contributed by atoms with Gasteiger partial charge in [0.2, 0.25) is 10.0 Å². The number of aliphatic hydroxyl groups is 1. The standard InChI is InChI=1S/C34H43ClN2O5S/c1-5-8-22(3)23(4)43(40,41)36-33(39)25-11-15-32-30(18-25)37(19-26-10-13-28(26)31(38)6-2)20-34(21-42-32)16-7-9-24-17-27(35)12-14-29(24)34/h5-6,11-12,14-15,17-18,22-23,26,28,31,38H,1-2,7-10,13,16,19-21H2,3-4H3,(H,36,39)/t22-,23+,26-,28+,31-,34-/m0/s1. The largest absolute Gasteiger partial charge is 0.490 e. The maximum Gasteiger partial charge on any atom is 0.264 e. The van der Waals surface area contributed by atoms with Crippen molar-refractivity contribution >= 4 is 33.2 Å². The summed E-state index contributed by atoms with van der Waals surface area (Å²) in [6, 6.07) is 11.3. The molecule has 0 aromatic heterocycles. The summed E-state index contributed by atoms with van der Waals surface area (Å²) in [6.07, 6.45) is 8.10. The van der Waals surface area contributed by atoms with E-state index in [9.17, 15) is 18.3 Å². The third-order valence-electron chi connectivity index (χ3n) is 9.97. The van der Waals surface area contributed by atoms with Gasteiger partial charge in [0, 0.05) is 29.1 Å². The molecule has 7 nitrogen and oxygen atoms in total. The van der Waals surface area contributed by atoms with Gasteiger partial charge in [0.05, 0.1) is 23.6 Å². The maximum atomic E-state index is 13.4. The van der Waals surface area contributed by atoms with Crippen LogP contribution in [-0.4, -0.2) is 50.5 Å². The highest BCUT2D eigenvalue weighted by molar-refractivity contribution is 7.90. The number of hydrogen-bond acceptors (Lipinski definition) is 6. The summed E-state index contributed by atoms with van der Waals surface area (Å²) in [4.78, 5) is 15.6. The third kappa shape index (κ3) is 6.38. The number of anilines is 1. The van der Waals surface area contributed by atoms with Crippen LogP contribution in [0, 0.1) is 17.8 Å². The third-order valence-corrected chi connectivity index (χ3v) is 12.1. The molecule has 3 aliphatic rings. The second kappa shape index (κ2) is 12.7. The van der Waals surface area contributed by atoms with Crippen molar-refractivity contribution in [3.63, 3.8) is 0 Å². The Hall–Kier alpha value is -2.81. The molecule has 1 aliphatic heterocycles. The van der Waals surface area contributed by atoms with Gasteiger partial charge in [-0.3, -0.25) is 4.79 Å². The molecule has 232 valence electrons. The van der Waals surface area contributed by atoms with Crippen molar-refractivity contribution in [2.24, 2.45) is 17.8 Å². The van der Waals surface area contributed by atoms with Crippen LogP contribution in [0.1, 0.15) is 67.4 Å². The van der Waals surface area contributed by atoms with Crippen LogP contribution in [0.3, 0.4) is 0 Å². The molecule has 9 heteroatoms. The molecule has 43 heavy (non-hydrogen) atoms. The van der Waals surface area contributed by atoms with Crippen LogP contribution in [0.5, 0.6) is 5.75 Å². The molecule has 2 N–H and O–H groups in total. The Morgan fingerprint density at radius 1 is 1.23 bits per heavy atom. The first-order chi connectivity index (χ1) is 20.5. The van der Waals surface area contributed by atoms with E-state index in [2.05, 4.69) is 34.9 Å². The number of aliphatic hydroxyl groups excluding tert-OH is 1. The second-order valence-electron chi connectivity index (χ2n) is 12.7. The molecule has 6 atom stereocenters. The monoisotopic (exact) mass is 626 g/mol. The number of nitrogens with one attached hydrogen (secondary N) is 1. The summed E-state index contributed by atoms with van der Waals surface area (Å²) in [6.45, 7) is 12.8. The Bertz CT molecular complexity index is 1490. The lowest BCUT2D eigenvalue weighted by atomic mass is 9.68. The number of hydrogen-bond donors (Lipinski definition) is 2. The van der Waals surface area contributed by atoms with Gasteiger partial charge >= 0.3 is 0 Å². The van der Waals surface area contributed by atoms with E-state index in [1.165, 1.54) is 11.1 Å². The first-order valence-corrected chi connectivity index (χ1v) is 17.2. The molecule has 0 unspecified atom stereocenters. The molecular formula is C34H43ClN2O5S. The number of amides is 1. The zero-order valence-electron chi connectivity index (χ0n) is 25.1. The summed E-state index contributed by atoms with van der Waals surface area (Å²) in [5, 5.41) is 10.5. The lowest BCUT2D eigenvalue weighted by Gasteiger charge is -2.45. The number of aryl methyl sites for hydroxylation is 1. The topological polar surface area (TPSA) is 95.9 Å². The number of fused-ring (bicyclic) bond motifs is 3. The van der Waals surface area contributed by atoms with Crippen molar-refractivity contribution in [1.82, 2.24) is 4.72 Å². The highest BCUT2D eigenvalue weighted by Crippen LogP contribution is 2.46. The molecular weight excluding hydrogens is 584 g/mol. The van der Waals surface area contributed by atoms with Gasteiger partial charge in [0.1, 0.15) is 5.75 Å². The average molecular weight is 627 g/mol. The van der Waals surface area contributed by atoms with E-state index in [-0.39, 0.29) is 28.7 Å². The van der Waals surface area contributed by atoms with E-state index in [1.54, 1.807) is 37.3 Å². The zero-order chi connectivity index (χ0) is 30.9. The lowest BCUT2D eigenvalue weighted by Crippen LogP contribution is -2.49. The highest BCUT2D eigenvalue weighted by atomic mass is 35.5. The quantitative estimate of drug-likeness (QED) is 0.312. The minimum atomic E-state index is -3.90. The molecule has 1 heterocycles. The SMILES string of the molecule is C=CC[C@H](C)[C@@H](C)S(=O)(=O)NC(=O)c1ccc2c(c1)N(C[C@@H]1CC[C@H]1[C@@H](O)C=C)C[C@@]1(CCCc3cc(Cl)ccc31)CO2. The first kappa shape index (κ1) is 31.6. The molecule has 0 bridgehead atoms. The van der Waals surface area contributed by atoms with E-state index in [0.29, 0.717) is 31.9 Å². The summed E-state index contributed by atoms with van der Waals surface area (Å²) in [5.41, 5.74) is 3.21. The number of rotatable bonds is 10. The summed E-state index contributed by atoms with van der Waals surface area (Å²) >= 11 is 6.38. The second-order valence-corrected chi connectivity index (χ2v) is 15.2. The average Bonchev–Trinajstić information content (AvgIpc) is 3.11. The first-order valence-electron chi connectivity index (χ1n) is 15.3. The fraction of sp³-hybridized carbons (Fsp3) is 0.500. The number of carbonyl (C=O) groups excluding carboxylic acids is 1. The van der Waals surface area contributed by atoms with E-state index in [1.807, 2.05) is 13.0 Å². The van der Waals surface area contributed by atoms with Crippen molar-refractivity contribution in [3.05, 3.63) is 83.4 Å². The van der Waals surface area contributed by atoms with Crippen molar-refractivity contribution < 1.29 is 23.1 Å². The van der Waals surface area contributed by atoms with Gasteiger partial charge < -0.3 is 14.7 Å². The molecule has 1 fully saturated rings. The van der Waals surface area contributed by atoms with Crippen LogP contribution in [0.2, 0.25) is 5.02 Å². The number of sulfonamides is 1. The Kier molecular flexibility index (Phi) is 9.31. The highest BCUT2D eigenvalue weighted by Gasteiger charge is 2.44. The number of benzene rings is 2. The van der Waals surface area contributed by atoms with Gasteiger partial charge in [0.25, 0.3) is 5.91 Å². The van der Waals surface area contributed by atoms with Gasteiger partial charge in [-0.25, -0.2) is 13.1 Å². The Morgan fingerprint density at radius 3 is 2.72 bits per heavy atom. The lowest BCUT2D eigenvalue weighted by molar-refractivity contribution is 0.0460. The normalized spacial score (nSPS) is 25.2. The van der Waals surface area contributed by atoms with Crippen molar-refractivity contribution in [1.29, 1.82) is 0 Å². The summed E-state index contributed by atoms with van der Waals surface area (Å²) < 4.78 is 34.9. The van der Waals surface area contributed by atoms with E-state index in [0.717, 1.165) is 42.8 Å². The molecule has 1 amide bonds. The summed E-state index contributed by atoms with van der Waals surface area (Å²) in [5.74, 6) is 0.166. The predicted molar refractivity (Wildman–Crippen MR) is 172 cm³/mol. The van der Waals surface area contributed by atoms with E-state index < -0.39 is 27.3 Å². The van der Waals surface area contributed by atoms with E-state index >= 15 is 0 Å². The van der Waals surface area contributed by atoms with Crippen molar-refractivity contribution in [2.75, 3.05) is 24.6 Å². The molecule has 0 radical (unpaired) electrons. The van der Waals surface area contributed by atoms with Gasteiger partial charge in [-0.15, -0.1) is 13.2 Å². The minimum Gasteiger partial charge on any atom is -0.490 e. The number of ether oxygens (including phenoxy) is 1. The molecule has 0 saturated heterocycles. The molecule has 2 aromatic rings. The van der Waals surface area contributed by atoms with E-state index in [4.69, 9.17) is 16.3 Å². The predicted octanol–water partition coefficient (Wildman–Crippen LogP) is 6.05. The van der Waals surface area contributed by atoms with Gasteiger partial charge in [-0.1, -0.05) is 36.7 Å². The van der Waals surface area contributed by atoms with Crippen LogP contribution < -0.4 is 14.4 Å². The van der Waals surface area contributed by atoms with Crippen LogP contribution in [0.15, 0.2) is 61.7 Å². The number of halogens is 1. The fourth-order valence-corrected chi connectivity index (χ4v) is 8.51. The smallest absolute Gasteiger partial charge is 0.264 e. The Balaban J connectivity index is 1.49. The number of carbonyl (C=O) groups is 1. The fourth-order valence-electron chi connectivity index (χ4n) is 7.03. The van der Waals surface area contributed by atoms with Crippen LogP contribution in [0.25, 0.3) is 0 Å². The molecule has 5 rings (SSSR count). The van der Waals surface area contributed by atoms with Crippen molar-refractivity contribution in [2.45, 2.75) is 69.1 Å². The maximum absolute atomic E-state index is 13.4. The van der Waals surface area contributed by atoms with Crippen LogP contribution in [0.4, 0.5) is 5.69 Å². The van der Waals surface area contributed by atoms with Crippen molar-refractivity contribution in [3.8, 4) is 5.75 Å². The molecule has 2 aliphatic carbocycles. The van der Waals surface area contributed by atoms with Gasteiger partial charge in [0.15, 0.2) is 0 Å². The summed E-state index contributed by atoms with van der Waals surface area (Å²) in [7, 11) is -3.90. The zero-order valence-corrected chi connectivity index (χ0v) is 26.7. The molecule has 1 saturated carbocycles. The number of allylic oxidation sites excluding steroid dienone is 1. The minimum absolute atomic E-state index is 0.120. The Morgan fingerprint density at radius 2 is 2.02 bits per heavy atom. The Labute approximate surface area is 261 Å². The van der Waals surface area contributed by atoms with Gasteiger partial charge in [-0.2, -0.15) is 0 Å². The number of nitrogens with zero attached hydrogens (tertiary/aromatic N) is 1.